The quantitative estimate of drug-likeness (QED) is 0.874. The molecule has 1 aromatic rings. The van der Waals surface area contributed by atoms with Crippen molar-refractivity contribution >= 4 is 5.91 Å². The van der Waals surface area contributed by atoms with E-state index in [9.17, 15) is 4.79 Å². The molecule has 1 aliphatic carbocycles. The van der Waals surface area contributed by atoms with Gasteiger partial charge in [0.25, 0.3) is 0 Å². The standard InChI is InChI=1S/C17H24N4O/c22-17(16-13-6-3-7-14(13)19-20-16)21-10-2-1-8-15(21)12-5-4-9-18-11-12/h4-5,9,11,13-16,19-20H,1-3,6-8,10H2/t13?,14?,15-,16?/m1/s1. The van der Waals surface area contributed by atoms with Crippen molar-refractivity contribution in [3.05, 3.63) is 30.1 Å². The molecule has 4 atom stereocenters. The van der Waals surface area contributed by atoms with Crippen molar-refractivity contribution < 1.29 is 4.79 Å². The lowest BCUT2D eigenvalue weighted by Gasteiger charge is -2.38. The molecule has 0 aromatic carbocycles. The number of aromatic nitrogens is 1. The van der Waals surface area contributed by atoms with Gasteiger partial charge in [0, 0.05) is 30.9 Å². The van der Waals surface area contributed by atoms with E-state index in [4.69, 9.17) is 0 Å². The molecule has 1 aromatic heterocycles. The average Bonchev–Trinajstić information content (AvgIpc) is 3.18. The summed E-state index contributed by atoms with van der Waals surface area (Å²) in [6, 6.07) is 4.69. The number of nitrogens with zero attached hydrogens (tertiary/aromatic N) is 2. The van der Waals surface area contributed by atoms with Crippen LogP contribution in [0, 0.1) is 5.92 Å². The monoisotopic (exact) mass is 300 g/mol. The van der Waals surface area contributed by atoms with Crippen LogP contribution in [-0.2, 0) is 4.79 Å². The first-order valence-corrected chi connectivity index (χ1v) is 8.56. The molecule has 5 heteroatoms. The molecule has 0 radical (unpaired) electrons. The SMILES string of the molecule is O=C(C1NNC2CCCC21)N1CCCC[C@@H]1c1cccnc1. The smallest absolute Gasteiger partial charge is 0.241 e. The van der Waals surface area contributed by atoms with E-state index in [0.717, 1.165) is 25.8 Å². The van der Waals surface area contributed by atoms with Gasteiger partial charge in [-0.3, -0.25) is 15.2 Å². The van der Waals surface area contributed by atoms with Crippen LogP contribution in [0.1, 0.15) is 50.1 Å². The van der Waals surface area contributed by atoms with Gasteiger partial charge in [-0.2, -0.15) is 0 Å². The van der Waals surface area contributed by atoms with Gasteiger partial charge in [0.05, 0.1) is 6.04 Å². The van der Waals surface area contributed by atoms with Crippen molar-refractivity contribution in [2.45, 2.75) is 56.7 Å². The van der Waals surface area contributed by atoms with Crippen LogP contribution >= 0.6 is 0 Å². The second kappa shape index (κ2) is 5.97. The topological polar surface area (TPSA) is 57.3 Å². The molecule has 5 nitrogen and oxygen atoms in total. The molecular formula is C17H24N4O. The number of hydrazine groups is 1. The van der Waals surface area contributed by atoms with E-state index in [0.29, 0.717) is 12.0 Å². The van der Waals surface area contributed by atoms with Gasteiger partial charge in [0.15, 0.2) is 0 Å². The molecule has 2 N–H and O–H groups in total. The fraction of sp³-hybridized carbons (Fsp3) is 0.647. The summed E-state index contributed by atoms with van der Waals surface area (Å²) in [6.07, 6.45) is 10.6. The number of pyridine rings is 1. The lowest BCUT2D eigenvalue weighted by Crippen LogP contribution is -2.50. The number of rotatable bonds is 2. The molecule has 2 saturated heterocycles. The first-order chi connectivity index (χ1) is 10.8. The maximum absolute atomic E-state index is 13.1. The predicted molar refractivity (Wildman–Crippen MR) is 83.7 cm³/mol. The second-order valence-electron chi connectivity index (χ2n) is 6.80. The van der Waals surface area contributed by atoms with Crippen LogP contribution in [-0.4, -0.2) is 34.4 Å². The van der Waals surface area contributed by atoms with Crippen molar-refractivity contribution in [1.29, 1.82) is 0 Å². The summed E-state index contributed by atoms with van der Waals surface area (Å²) in [5.41, 5.74) is 7.78. The van der Waals surface area contributed by atoms with Crippen LogP contribution in [0.25, 0.3) is 0 Å². The second-order valence-corrected chi connectivity index (χ2v) is 6.80. The Morgan fingerprint density at radius 2 is 2.14 bits per heavy atom. The van der Waals surface area contributed by atoms with Crippen molar-refractivity contribution in [3.8, 4) is 0 Å². The van der Waals surface area contributed by atoms with Gasteiger partial charge in [-0.25, -0.2) is 5.43 Å². The van der Waals surface area contributed by atoms with Gasteiger partial charge < -0.3 is 4.90 Å². The fourth-order valence-corrected chi connectivity index (χ4v) is 4.41. The third-order valence-corrected chi connectivity index (χ3v) is 5.54. The van der Waals surface area contributed by atoms with Gasteiger partial charge >= 0.3 is 0 Å². The van der Waals surface area contributed by atoms with E-state index in [-0.39, 0.29) is 18.0 Å². The van der Waals surface area contributed by atoms with E-state index < -0.39 is 0 Å². The predicted octanol–water partition coefficient (Wildman–Crippen LogP) is 1.78. The molecule has 3 heterocycles. The summed E-state index contributed by atoms with van der Waals surface area (Å²) in [5, 5.41) is 0. The van der Waals surface area contributed by atoms with Crippen LogP contribution in [0.15, 0.2) is 24.5 Å². The summed E-state index contributed by atoms with van der Waals surface area (Å²) in [7, 11) is 0. The van der Waals surface area contributed by atoms with Crippen molar-refractivity contribution in [2.24, 2.45) is 5.92 Å². The Morgan fingerprint density at radius 3 is 3.00 bits per heavy atom. The van der Waals surface area contributed by atoms with Crippen molar-refractivity contribution in [2.75, 3.05) is 6.54 Å². The Bertz CT molecular complexity index is 535. The van der Waals surface area contributed by atoms with Gasteiger partial charge in [0.1, 0.15) is 6.04 Å². The lowest BCUT2D eigenvalue weighted by molar-refractivity contribution is -0.138. The molecule has 3 aliphatic rings. The minimum absolute atomic E-state index is 0.0511. The van der Waals surface area contributed by atoms with E-state index >= 15 is 0 Å². The Balaban J connectivity index is 1.55. The zero-order valence-corrected chi connectivity index (χ0v) is 12.9. The van der Waals surface area contributed by atoms with Crippen LogP contribution in [0.4, 0.5) is 0 Å². The van der Waals surface area contributed by atoms with Gasteiger partial charge in [-0.1, -0.05) is 12.5 Å². The van der Waals surface area contributed by atoms with Gasteiger partial charge in [0.2, 0.25) is 5.91 Å². The third-order valence-electron chi connectivity index (χ3n) is 5.54. The maximum atomic E-state index is 13.1. The Kier molecular flexibility index (Phi) is 3.84. The minimum Gasteiger partial charge on any atom is -0.334 e. The molecular weight excluding hydrogens is 276 g/mol. The van der Waals surface area contributed by atoms with Gasteiger partial charge in [-0.05, 0) is 43.7 Å². The number of likely N-dealkylation sites (tertiary alicyclic amines) is 1. The number of hydrogen-bond acceptors (Lipinski definition) is 4. The highest BCUT2D eigenvalue weighted by Crippen LogP contribution is 2.36. The molecule has 3 unspecified atom stereocenters. The first-order valence-electron chi connectivity index (χ1n) is 8.56. The highest BCUT2D eigenvalue weighted by molar-refractivity contribution is 5.83. The third kappa shape index (κ3) is 2.42. The summed E-state index contributed by atoms with van der Waals surface area (Å²) >= 11 is 0. The molecule has 4 rings (SSSR count). The van der Waals surface area contributed by atoms with E-state index in [1.807, 2.05) is 12.3 Å². The molecule has 1 saturated carbocycles. The zero-order chi connectivity index (χ0) is 14.9. The molecule has 2 aliphatic heterocycles. The summed E-state index contributed by atoms with van der Waals surface area (Å²) < 4.78 is 0. The molecule has 0 spiro atoms. The number of carbonyl (C=O) groups is 1. The zero-order valence-electron chi connectivity index (χ0n) is 12.9. The van der Waals surface area contributed by atoms with Crippen LogP contribution in [0.2, 0.25) is 0 Å². The summed E-state index contributed by atoms with van der Waals surface area (Å²) in [4.78, 5) is 19.5. The highest BCUT2D eigenvalue weighted by Gasteiger charge is 2.45. The van der Waals surface area contributed by atoms with Crippen LogP contribution in [0.5, 0.6) is 0 Å². The first kappa shape index (κ1) is 14.2. The number of hydrogen-bond donors (Lipinski definition) is 2. The number of carbonyl (C=O) groups excluding carboxylic acids is 1. The minimum atomic E-state index is -0.0511. The Hall–Kier alpha value is -1.46. The number of nitrogens with one attached hydrogen (secondary N) is 2. The van der Waals surface area contributed by atoms with E-state index in [2.05, 4.69) is 26.8 Å². The maximum Gasteiger partial charge on any atom is 0.241 e. The van der Waals surface area contributed by atoms with Crippen LogP contribution < -0.4 is 10.9 Å². The summed E-state index contributed by atoms with van der Waals surface area (Å²) in [6.45, 7) is 0.869. The van der Waals surface area contributed by atoms with Gasteiger partial charge in [-0.15, -0.1) is 0 Å². The van der Waals surface area contributed by atoms with Crippen molar-refractivity contribution in [1.82, 2.24) is 20.7 Å². The van der Waals surface area contributed by atoms with E-state index in [1.54, 1.807) is 6.20 Å². The molecule has 118 valence electrons. The number of fused-ring (bicyclic) bond motifs is 1. The largest absolute Gasteiger partial charge is 0.334 e. The highest BCUT2D eigenvalue weighted by atomic mass is 16.2. The molecule has 22 heavy (non-hydrogen) atoms. The molecule has 3 fully saturated rings. The molecule has 0 bridgehead atoms. The average molecular weight is 300 g/mol. The Labute approximate surface area is 131 Å². The fourth-order valence-electron chi connectivity index (χ4n) is 4.41. The lowest BCUT2D eigenvalue weighted by atomic mass is 9.92. The number of piperidine rings is 1. The summed E-state index contributed by atoms with van der Waals surface area (Å²) in [5.74, 6) is 0.736. The van der Waals surface area contributed by atoms with Crippen LogP contribution in [0.3, 0.4) is 0 Å². The van der Waals surface area contributed by atoms with E-state index in [1.165, 1.54) is 24.8 Å². The Morgan fingerprint density at radius 1 is 1.18 bits per heavy atom. The van der Waals surface area contributed by atoms with Crippen molar-refractivity contribution in [3.63, 3.8) is 0 Å². The normalized spacial score (nSPS) is 34.6. The number of amides is 1. The molecule has 1 amide bonds.